The van der Waals surface area contributed by atoms with Gasteiger partial charge in [0.15, 0.2) is 11.8 Å². The molecule has 6 nitrogen and oxygen atoms in total. The monoisotopic (exact) mass is 272 g/mol. The molecule has 1 unspecified atom stereocenters. The zero-order valence-electron chi connectivity index (χ0n) is 11.0. The van der Waals surface area contributed by atoms with E-state index in [0.717, 1.165) is 0 Å². The number of carbonyl (C=O) groups excluding carboxylic acids is 1. The van der Waals surface area contributed by atoms with Crippen molar-refractivity contribution < 1.29 is 19.0 Å². The Morgan fingerprint density at radius 2 is 1.95 bits per heavy atom. The average molecular weight is 272 g/mol. The number of rotatable bonds is 3. The summed E-state index contributed by atoms with van der Waals surface area (Å²) in [6.45, 7) is 0. The Labute approximate surface area is 115 Å². The van der Waals surface area contributed by atoms with Crippen LogP contribution in [0.25, 0.3) is 0 Å². The second-order valence-electron chi connectivity index (χ2n) is 4.18. The number of aromatic nitrogens is 2. The smallest absolute Gasteiger partial charge is 0.360 e. The van der Waals surface area contributed by atoms with Gasteiger partial charge in [0.25, 0.3) is 0 Å². The number of fused-ring (bicyclic) bond motifs is 1. The van der Waals surface area contributed by atoms with Gasteiger partial charge in [0.1, 0.15) is 17.2 Å². The van der Waals surface area contributed by atoms with Gasteiger partial charge in [0.05, 0.1) is 14.2 Å². The average Bonchev–Trinajstić information content (AvgIpc) is 2.84. The van der Waals surface area contributed by atoms with Crippen molar-refractivity contribution in [1.29, 1.82) is 0 Å². The summed E-state index contributed by atoms with van der Waals surface area (Å²) in [6.07, 6.45) is 2.36. The lowest BCUT2D eigenvalue weighted by Crippen LogP contribution is -2.04. The Bertz CT molecular complexity index is 672. The number of esters is 1. The van der Waals surface area contributed by atoms with E-state index in [-0.39, 0.29) is 5.69 Å². The van der Waals surface area contributed by atoms with Crippen molar-refractivity contribution in [2.24, 2.45) is 0 Å². The molecule has 0 amide bonds. The van der Waals surface area contributed by atoms with Gasteiger partial charge in [-0.15, -0.1) is 0 Å². The minimum Gasteiger partial charge on any atom is -0.497 e. The molecule has 6 heteroatoms. The molecular formula is C14H12N2O4. The fraction of sp³-hybridized carbons (Fsp3) is 0.214. The van der Waals surface area contributed by atoms with Gasteiger partial charge in [-0.1, -0.05) is 0 Å². The van der Waals surface area contributed by atoms with Crippen LogP contribution >= 0.6 is 0 Å². The molecule has 1 aliphatic heterocycles. The molecule has 0 N–H and O–H groups in total. The highest BCUT2D eigenvalue weighted by molar-refractivity contribution is 5.91. The third kappa shape index (κ3) is 1.85. The van der Waals surface area contributed by atoms with Crippen molar-refractivity contribution in [3.8, 4) is 11.5 Å². The maximum absolute atomic E-state index is 11.8. The van der Waals surface area contributed by atoms with Gasteiger partial charge in [-0.3, -0.25) is 4.98 Å². The second kappa shape index (κ2) is 4.80. The summed E-state index contributed by atoms with van der Waals surface area (Å²) >= 11 is 0. The largest absolute Gasteiger partial charge is 0.497 e. The summed E-state index contributed by atoms with van der Waals surface area (Å²) in [4.78, 5) is 20.0. The summed E-state index contributed by atoms with van der Waals surface area (Å²) in [7, 11) is 3.12. The first-order chi connectivity index (χ1) is 9.74. The Hall–Kier alpha value is -2.63. The van der Waals surface area contributed by atoms with Crippen LogP contribution in [0.15, 0.2) is 30.6 Å². The highest BCUT2D eigenvalue weighted by Gasteiger charge is 2.36. The van der Waals surface area contributed by atoms with Gasteiger partial charge in [-0.2, -0.15) is 0 Å². The van der Waals surface area contributed by atoms with E-state index in [1.165, 1.54) is 12.4 Å². The molecule has 2 aromatic rings. The first-order valence-electron chi connectivity index (χ1n) is 5.98. The minimum atomic E-state index is -0.628. The molecule has 0 fully saturated rings. The molecule has 0 bridgehead atoms. The molecular weight excluding hydrogens is 260 g/mol. The van der Waals surface area contributed by atoms with Crippen molar-refractivity contribution in [2.75, 3.05) is 14.2 Å². The molecule has 2 heterocycles. The zero-order chi connectivity index (χ0) is 14.1. The van der Waals surface area contributed by atoms with Crippen LogP contribution in [0.4, 0.5) is 0 Å². The van der Waals surface area contributed by atoms with Crippen molar-refractivity contribution >= 4 is 5.97 Å². The maximum atomic E-state index is 11.8. The normalized spacial score (nSPS) is 16.5. The molecule has 1 atom stereocenters. The van der Waals surface area contributed by atoms with Gasteiger partial charge in [-0.05, 0) is 18.2 Å². The summed E-state index contributed by atoms with van der Waals surface area (Å²) in [6, 6.07) is 5.30. The van der Waals surface area contributed by atoms with Crippen LogP contribution in [0.1, 0.15) is 27.8 Å². The molecule has 1 aromatic heterocycles. The highest BCUT2D eigenvalue weighted by atomic mass is 16.6. The first kappa shape index (κ1) is 12.4. The standard InChI is InChI=1S/C14H12N2O4/c1-18-8-3-4-10(19-2)9(7-8)13-11-12(14(17)20-13)16-6-5-15-11/h3-7,13H,1-2H3. The van der Waals surface area contributed by atoms with Crippen LogP contribution in [0.5, 0.6) is 11.5 Å². The predicted octanol–water partition coefficient (Wildman–Crippen LogP) is 1.75. The third-order valence-corrected chi connectivity index (χ3v) is 3.11. The Balaban J connectivity index is 2.13. The third-order valence-electron chi connectivity index (χ3n) is 3.11. The molecule has 20 heavy (non-hydrogen) atoms. The van der Waals surface area contributed by atoms with E-state index in [0.29, 0.717) is 22.8 Å². The highest BCUT2D eigenvalue weighted by Crippen LogP contribution is 2.39. The second-order valence-corrected chi connectivity index (χ2v) is 4.18. The van der Waals surface area contributed by atoms with E-state index < -0.39 is 12.1 Å². The number of cyclic esters (lactones) is 1. The quantitative estimate of drug-likeness (QED) is 0.793. The number of benzene rings is 1. The van der Waals surface area contributed by atoms with Crippen molar-refractivity contribution in [3.05, 3.63) is 47.5 Å². The summed E-state index contributed by atoms with van der Waals surface area (Å²) < 4.78 is 15.9. The molecule has 3 rings (SSSR count). The fourth-order valence-electron chi connectivity index (χ4n) is 2.17. The van der Waals surface area contributed by atoms with Crippen LogP contribution in [-0.2, 0) is 4.74 Å². The molecule has 1 aromatic carbocycles. The number of carbonyl (C=O) groups is 1. The lowest BCUT2D eigenvalue weighted by molar-refractivity contribution is 0.0445. The molecule has 0 spiro atoms. The van der Waals surface area contributed by atoms with E-state index in [1.807, 2.05) is 0 Å². The van der Waals surface area contributed by atoms with Gasteiger partial charge in [0, 0.05) is 18.0 Å². The van der Waals surface area contributed by atoms with Gasteiger partial charge in [0.2, 0.25) is 0 Å². The Morgan fingerprint density at radius 3 is 2.70 bits per heavy atom. The van der Waals surface area contributed by atoms with Crippen molar-refractivity contribution in [2.45, 2.75) is 6.10 Å². The summed E-state index contributed by atoms with van der Waals surface area (Å²) in [5.74, 6) is 0.763. The van der Waals surface area contributed by atoms with Gasteiger partial charge >= 0.3 is 5.97 Å². The van der Waals surface area contributed by atoms with E-state index in [9.17, 15) is 4.79 Å². The zero-order valence-corrected chi connectivity index (χ0v) is 11.0. The van der Waals surface area contributed by atoms with E-state index in [2.05, 4.69) is 9.97 Å². The molecule has 102 valence electrons. The summed E-state index contributed by atoms with van der Waals surface area (Å²) in [5.41, 5.74) is 1.41. The van der Waals surface area contributed by atoms with E-state index in [1.54, 1.807) is 32.4 Å². The summed E-state index contributed by atoms with van der Waals surface area (Å²) in [5, 5.41) is 0. The molecule has 0 saturated heterocycles. The number of hydrogen-bond acceptors (Lipinski definition) is 6. The van der Waals surface area contributed by atoms with Gasteiger partial charge < -0.3 is 14.2 Å². The maximum Gasteiger partial charge on any atom is 0.360 e. The first-order valence-corrected chi connectivity index (χ1v) is 5.98. The number of methoxy groups -OCH3 is 2. The van der Waals surface area contributed by atoms with Gasteiger partial charge in [-0.25, -0.2) is 9.78 Å². The lowest BCUT2D eigenvalue weighted by atomic mass is 10.0. The van der Waals surface area contributed by atoms with Crippen LogP contribution < -0.4 is 9.47 Å². The van der Waals surface area contributed by atoms with E-state index >= 15 is 0 Å². The van der Waals surface area contributed by atoms with E-state index in [4.69, 9.17) is 14.2 Å². The van der Waals surface area contributed by atoms with Crippen molar-refractivity contribution in [1.82, 2.24) is 9.97 Å². The number of nitrogens with zero attached hydrogens (tertiary/aromatic N) is 2. The minimum absolute atomic E-state index is 0.238. The SMILES string of the molecule is COc1ccc(OC)c(C2OC(=O)c3nccnc32)c1. The fourth-order valence-corrected chi connectivity index (χ4v) is 2.17. The lowest BCUT2D eigenvalue weighted by Gasteiger charge is -2.15. The molecule has 1 aliphatic rings. The van der Waals surface area contributed by atoms with Crippen LogP contribution in [-0.4, -0.2) is 30.2 Å². The molecule has 0 aliphatic carbocycles. The topological polar surface area (TPSA) is 70.5 Å². The number of ether oxygens (including phenoxy) is 3. The number of hydrogen-bond donors (Lipinski definition) is 0. The van der Waals surface area contributed by atoms with Crippen LogP contribution in [0.2, 0.25) is 0 Å². The predicted molar refractivity (Wildman–Crippen MR) is 68.8 cm³/mol. The van der Waals surface area contributed by atoms with Crippen LogP contribution in [0, 0.1) is 0 Å². The van der Waals surface area contributed by atoms with Crippen molar-refractivity contribution in [3.63, 3.8) is 0 Å². The molecule has 0 radical (unpaired) electrons. The van der Waals surface area contributed by atoms with Crippen LogP contribution in [0.3, 0.4) is 0 Å². The molecule has 0 saturated carbocycles. The Morgan fingerprint density at radius 1 is 1.15 bits per heavy atom. The Kier molecular flexibility index (Phi) is 2.98.